The Bertz CT molecular complexity index is 626. The van der Waals surface area contributed by atoms with E-state index >= 15 is 0 Å². The van der Waals surface area contributed by atoms with E-state index in [4.69, 9.17) is 9.79 Å². The molecular formula is C12H11O5P. The van der Waals surface area contributed by atoms with Gasteiger partial charge in [0.15, 0.2) is 0 Å². The lowest BCUT2D eigenvalue weighted by molar-refractivity contribution is -0.134. The van der Waals surface area contributed by atoms with E-state index in [-0.39, 0.29) is 6.42 Å². The average Bonchev–Trinajstić information content (AvgIpc) is 2.27. The van der Waals surface area contributed by atoms with Crippen LogP contribution in [0.2, 0.25) is 0 Å². The van der Waals surface area contributed by atoms with Gasteiger partial charge in [-0.3, -0.25) is 14.6 Å². The predicted molar refractivity (Wildman–Crippen MR) is 65.8 cm³/mol. The Morgan fingerprint density at radius 3 is 2.50 bits per heavy atom. The fourth-order valence-corrected chi connectivity index (χ4v) is 2.10. The third-order valence-electron chi connectivity index (χ3n) is 2.44. The Morgan fingerprint density at radius 2 is 1.78 bits per heavy atom. The van der Waals surface area contributed by atoms with Gasteiger partial charge >= 0.3 is 13.8 Å². The molecule has 0 unspecified atom stereocenters. The van der Waals surface area contributed by atoms with Crippen molar-refractivity contribution in [3.05, 3.63) is 48.0 Å². The topological polar surface area (TPSA) is 83.8 Å². The SMILES string of the molecule is O=C(Cc1cccc2ccccc12)OP(=O)(O)O. The molecule has 0 saturated carbocycles. The van der Waals surface area contributed by atoms with Gasteiger partial charge in [0.1, 0.15) is 0 Å². The first-order valence-corrected chi connectivity index (χ1v) is 6.73. The predicted octanol–water partition coefficient (Wildman–Crippen LogP) is 2.02. The molecule has 18 heavy (non-hydrogen) atoms. The lowest BCUT2D eigenvalue weighted by Gasteiger charge is -2.07. The molecular weight excluding hydrogens is 255 g/mol. The third kappa shape index (κ3) is 3.17. The first kappa shape index (κ1) is 12.8. The molecule has 0 spiro atoms. The molecule has 0 aliphatic heterocycles. The van der Waals surface area contributed by atoms with Gasteiger partial charge < -0.3 is 4.52 Å². The van der Waals surface area contributed by atoms with E-state index < -0.39 is 13.8 Å². The second kappa shape index (κ2) is 4.90. The number of carbonyl (C=O) groups excluding carboxylic acids is 1. The number of benzene rings is 2. The molecule has 0 aromatic heterocycles. The summed E-state index contributed by atoms with van der Waals surface area (Å²) in [7, 11) is -4.77. The molecule has 0 saturated heterocycles. The van der Waals surface area contributed by atoms with Gasteiger partial charge in [0, 0.05) is 0 Å². The smallest absolute Gasteiger partial charge is 0.370 e. The van der Waals surface area contributed by atoms with Crippen LogP contribution in [0.5, 0.6) is 0 Å². The number of rotatable bonds is 3. The van der Waals surface area contributed by atoms with Crippen LogP contribution in [0.4, 0.5) is 0 Å². The second-order valence-electron chi connectivity index (χ2n) is 3.77. The van der Waals surface area contributed by atoms with Crippen LogP contribution in [0.3, 0.4) is 0 Å². The molecule has 5 nitrogen and oxygen atoms in total. The summed E-state index contributed by atoms with van der Waals surface area (Å²) >= 11 is 0. The minimum Gasteiger partial charge on any atom is -0.370 e. The fraction of sp³-hybridized carbons (Fsp3) is 0.0833. The average molecular weight is 266 g/mol. The first-order valence-electron chi connectivity index (χ1n) is 5.20. The molecule has 0 bridgehead atoms. The summed E-state index contributed by atoms with van der Waals surface area (Å²) in [5.41, 5.74) is 0.673. The number of hydrogen-bond donors (Lipinski definition) is 2. The highest BCUT2D eigenvalue weighted by Gasteiger charge is 2.20. The van der Waals surface area contributed by atoms with Crippen molar-refractivity contribution in [2.45, 2.75) is 6.42 Å². The zero-order valence-electron chi connectivity index (χ0n) is 9.31. The van der Waals surface area contributed by atoms with Crippen LogP contribution in [0.15, 0.2) is 42.5 Å². The van der Waals surface area contributed by atoms with Crippen LogP contribution in [0.1, 0.15) is 5.56 Å². The lowest BCUT2D eigenvalue weighted by atomic mass is 10.0. The van der Waals surface area contributed by atoms with Crippen molar-refractivity contribution < 1.29 is 23.7 Å². The van der Waals surface area contributed by atoms with E-state index in [2.05, 4.69) is 4.52 Å². The van der Waals surface area contributed by atoms with Gasteiger partial charge in [-0.2, -0.15) is 0 Å². The van der Waals surface area contributed by atoms with Crippen molar-refractivity contribution in [2.24, 2.45) is 0 Å². The highest BCUT2D eigenvalue weighted by molar-refractivity contribution is 7.46. The van der Waals surface area contributed by atoms with Crippen molar-refractivity contribution in [3.63, 3.8) is 0 Å². The van der Waals surface area contributed by atoms with E-state index in [0.717, 1.165) is 10.8 Å². The highest BCUT2D eigenvalue weighted by Crippen LogP contribution is 2.36. The summed E-state index contributed by atoms with van der Waals surface area (Å²) in [5, 5.41) is 1.82. The molecule has 0 amide bonds. The van der Waals surface area contributed by atoms with Crippen LogP contribution in [-0.2, 0) is 20.3 Å². The molecule has 2 aromatic rings. The molecule has 0 atom stereocenters. The summed E-state index contributed by atoms with van der Waals surface area (Å²) in [6.07, 6.45) is -0.174. The van der Waals surface area contributed by atoms with Crippen molar-refractivity contribution in [1.82, 2.24) is 0 Å². The van der Waals surface area contributed by atoms with Gasteiger partial charge in [0.2, 0.25) is 0 Å². The molecule has 0 radical (unpaired) electrons. The molecule has 2 aromatic carbocycles. The molecule has 2 N–H and O–H groups in total. The molecule has 0 heterocycles. The van der Waals surface area contributed by atoms with Gasteiger partial charge in [-0.05, 0) is 16.3 Å². The summed E-state index contributed by atoms with van der Waals surface area (Å²) in [5.74, 6) is -0.945. The Kier molecular flexibility index (Phi) is 3.48. The van der Waals surface area contributed by atoms with Crippen LogP contribution in [-0.4, -0.2) is 15.8 Å². The summed E-state index contributed by atoms with van der Waals surface area (Å²) in [4.78, 5) is 28.5. The molecule has 6 heteroatoms. The molecule has 2 rings (SSSR count). The number of fused-ring (bicyclic) bond motifs is 1. The third-order valence-corrected chi connectivity index (χ3v) is 2.88. The van der Waals surface area contributed by atoms with E-state index in [9.17, 15) is 9.36 Å². The summed E-state index contributed by atoms with van der Waals surface area (Å²) in [6, 6.07) is 12.8. The van der Waals surface area contributed by atoms with E-state index in [1.54, 1.807) is 12.1 Å². The lowest BCUT2D eigenvalue weighted by Crippen LogP contribution is -2.06. The molecule has 0 aliphatic carbocycles. The number of phosphoric acid groups is 1. The summed E-state index contributed by atoms with van der Waals surface area (Å²) in [6.45, 7) is 0. The van der Waals surface area contributed by atoms with E-state index in [1.807, 2.05) is 30.3 Å². The maximum atomic E-state index is 11.4. The zero-order valence-corrected chi connectivity index (χ0v) is 10.2. The van der Waals surface area contributed by atoms with Crippen molar-refractivity contribution in [2.75, 3.05) is 0 Å². The molecule has 0 fully saturated rings. The van der Waals surface area contributed by atoms with Crippen LogP contribution < -0.4 is 0 Å². The number of phosphoric ester groups is 1. The number of carbonyl (C=O) groups is 1. The molecule has 0 aliphatic rings. The normalized spacial score (nSPS) is 11.4. The van der Waals surface area contributed by atoms with Crippen LogP contribution in [0.25, 0.3) is 10.8 Å². The monoisotopic (exact) mass is 266 g/mol. The minimum absolute atomic E-state index is 0.174. The van der Waals surface area contributed by atoms with Gasteiger partial charge in [-0.15, -0.1) is 0 Å². The Morgan fingerprint density at radius 1 is 1.11 bits per heavy atom. The van der Waals surface area contributed by atoms with Gasteiger partial charge in [0.25, 0.3) is 0 Å². The van der Waals surface area contributed by atoms with Gasteiger partial charge in [-0.1, -0.05) is 42.5 Å². The van der Waals surface area contributed by atoms with E-state index in [1.165, 1.54) is 0 Å². The minimum atomic E-state index is -4.77. The first-order chi connectivity index (χ1) is 8.46. The quantitative estimate of drug-likeness (QED) is 0.830. The Labute approximate surface area is 103 Å². The molecule has 94 valence electrons. The Hall–Kier alpha value is -1.68. The van der Waals surface area contributed by atoms with Crippen LogP contribution >= 0.6 is 7.82 Å². The largest absolute Gasteiger partial charge is 0.526 e. The Balaban J connectivity index is 2.27. The summed E-state index contributed by atoms with van der Waals surface area (Å²) < 4.78 is 14.6. The van der Waals surface area contributed by atoms with Gasteiger partial charge in [-0.25, -0.2) is 4.57 Å². The van der Waals surface area contributed by atoms with Crippen molar-refractivity contribution >= 4 is 24.6 Å². The fourth-order valence-electron chi connectivity index (χ4n) is 1.77. The van der Waals surface area contributed by atoms with E-state index in [0.29, 0.717) is 5.56 Å². The van der Waals surface area contributed by atoms with Crippen LogP contribution in [0, 0.1) is 0 Å². The number of hydrogen-bond acceptors (Lipinski definition) is 3. The standard InChI is InChI=1S/C12H11O5P/c13-12(17-18(14,15)16)8-10-6-3-5-9-4-1-2-7-11(9)10/h1-7H,8H2,(H2,14,15,16). The highest BCUT2D eigenvalue weighted by atomic mass is 31.2. The van der Waals surface area contributed by atoms with Crippen molar-refractivity contribution in [1.29, 1.82) is 0 Å². The maximum Gasteiger partial charge on any atom is 0.526 e. The maximum absolute atomic E-state index is 11.4. The second-order valence-corrected chi connectivity index (χ2v) is 4.93. The van der Waals surface area contributed by atoms with Gasteiger partial charge in [0.05, 0.1) is 6.42 Å². The zero-order chi connectivity index (χ0) is 13.2. The van der Waals surface area contributed by atoms with Crippen molar-refractivity contribution in [3.8, 4) is 0 Å².